The summed E-state index contributed by atoms with van der Waals surface area (Å²) in [4.78, 5) is 0. The van der Waals surface area contributed by atoms with E-state index in [0.717, 1.165) is 9.19 Å². The van der Waals surface area contributed by atoms with Crippen LogP contribution in [0.15, 0.2) is 42.0 Å². The normalized spacial score (nSPS) is 15.2. The minimum atomic E-state index is -0.240. The predicted molar refractivity (Wildman–Crippen MR) is 99.0 cm³/mol. The summed E-state index contributed by atoms with van der Waals surface area (Å²) < 4.78 is 1.53. The number of azo groups is 2. The van der Waals surface area contributed by atoms with E-state index in [-0.39, 0.29) is 11.1 Å². The first-order valence-corrected chi connectivity index (χ1v) is 9.14. The molecule has 0 fully saturated rings. The van der Waals surface area contributed by atoms with E-state index in [1.807, 2.05) is 92.2 Å². The average Bonchev–Trinajstić information content (AvgIpc) is 2.41. The van der Waals surface area contributed by atoms with Crippen LogP contribution in [-0.4, -0.2) is 49.3 Å². The standard InChI is InChI=1S/2C8H17N4.Fe/c2*1-8(2,3)11-9-6-7-10-12(4)5;/h2*7,10H,1-5H3;. The molecule has 0 aromatic rings. The molecule has 0 saturated carbocycles. The van der Waals surface area contributed by atoms with Crippen LogP contribution in [0.25, 0.3) is 0 Å². The average molecular weight is 394 g/mol. The zero-order chi connectivity index (χ0) is 19.7. The molecule has 0 aliphatic rings. The van der Waals surface area contributed by atoms with Gasteiger partial charge in [-0.1, -0.05) is 0 Å². The summed E-state index contributed by atoms with van der Waals surface area (Å²) in [5.74, 6) is 0. The molecule has 25 heavy (non-hydrogen) atoms. The molecule has 2 N–H and O–H groups in total. The molecule has 0 radical (unpaired) electrons. The molecule has 0 bridgehead atoms. The molecule has 0 aliphatic carbocycles. The maximum atomic E-state index is 4.39. The van der Waals surface area contributed by atoms with Crippen molar-refractivity contribution in [2.45, 2.75) is 52.6 Å². The van der Waals surface area contributed by atoms with Crippen LogP contribution in [0, 0.1) is 0 Å². The fourth-order valence-corrected chi connectivity index (χ4v) is 1.80. The maximum absolute atomic E-state index is 4.39. The van der Waals surface area contributed by atoms with E-state index < -0.39 is 0 Å². The summed E-state index contributed by atoms with van der Waals surface area (Å²) >= 11 is 0.501. The number of hydrogen-bond acceptors (Lipinski definition) is 8. The SMILES string of the molecule is CN(C)NC=[C](N=NC(C)(C)C)[Fe][C](=CNN(C)C)N=NC(C)(C)C. The second-order valence-corrected chi connectivity index (χ2v) is 9.19. The molecule has 9 heteroatoms. The Bertz CT molecular complexity index is 461. The van der Waals surface area contributed by atoms with Gasteiger partial charge in [0.05, 0.1) is 0 Å². The molecular weight excluding hydrogens is 360 g/mol. The molecule has 0 amide bonds. The van der Waals surface area contributed by atoms with Crippen molar-refractivity contribution < 1.29 is 15.0 Å². The number of hydrazine groups is 2. The Morgan fingerprint density at radius 1 is 0.720 bits per heavy atom. The van der Waals surface area contributed by atoms with Crippen LogP contribution in [0.5, 0.6) is 0 Å². The van der Waals surface area contributed by atoms with Crippen molar-refractivity contribution in [3.05, 3.63) is 21.6 Å². The first kappa shape index (κ1) is 23.7. The third-order valence-electron chi connectivity index (χ3n) is 1.94. The van der Waals surface area contributed by atoms with Gasteiger partial charge in [-0.05, 0) is 0 Å². The van der Waals surface area contributed by atoms with Gasteiger partial charge in [0.25, 0.3) is 0 Å². The van der Waals surface area contributed by atoms with Crippen LogP contribution in [0.2, 0.25) is 0 Å². The van der Waals surface area contributed by atoms with E-state index in [1.165, 1.54) is 0 Å². The van der Waals surface area contributed by atoms with E-state index in [0.29, 0.717) is 15.0 Å². The summed E-state index contributed by atoms with van der Waals surface area (Å²) in [6.45, 7) is 12.1. The Morgan fingerprint density at radius 2 is 1.04 bits per heavy atom. The van der Waals surface area contributed by atoms with Crippen LogP contribution < -0.4 is 10.9 Å². The Balaban J connectivity index is 5.48. The van der Waals surface area contributed by atoms with Gasteiger partial charge in [0.2, 0.25) is 0 Å². The first-order chi connectivity index (χ1) is 11.3. The fraction of sp³-hybridized carbons (Fsp3) is 0.750. The van der Waals surface area contributed by atoms with Crippen LogP contribution >= 0.6 is 0 Å². The molecule has 0 aromatic heterocycles. The zero-order valence-corrected chi connectivity index (χ0v) is 18.3. The minimum absolute atomic E-state index is 0.240. The second kappa shape index (κ2) is 10.7. The Hall–Kier alpha value is -1.28. The molecule has 0 atom stereocenters. The van der Waals surface area contributed by atoms with Crippen LogP contribution in [0.4, 0.5) is 0 Å². The van der Waals surface area contributed by atoms with Gasteiger partial charge in [-0.2, -0.15) is 0 Å². The van der Waals surface area contributed by atoms with Crippen LogP contribution in [-0.2, 0) is 15.0 Å². The molecule has 0 aliphatic heterocycles. The fourth-order valence-electron chi connectivity index (χ4n) is 0.992. The van der Waals surface area contributed by atoms with Gasteiger partial charge in [-0.25, -0.2) is 0 Å². The topological polar surface area (TPSA) is 80.0 Å². The van der Waals surface area contributed by atoms with Crippen LogP contribution in [0.1, 0.15) is 41.5 Å². The quantitative estimate of drug-likeness (QED) is 0.376. The number of rotatable bonds is 8. The summed E-state index contributed by atoms with van der Waals surface area (Å²) in [6.07, 6.45) is 3.65. The van der Waals surface area contributed by atoms with Gasteiger partial charge in [-0.3, -0.25) is 0 Å². The summed E-state index contributed by atoms with van der Waals surface area (Å²) in [5.41, 5.74) is 5.74. The third kappa shape index (κ3) is 16.0. The van der Waals surface area contributed by atoms with E-state index in [1.54, 1.807) is 0 Å². The molecule has 0 aromatic carbocycles. The number of hydrogen-bond donors (Lipinski definition) is 2. The van der Waals surface area contributed by atoms with Gasteiger partial charge < -0.3 is 0 Å². The second-order valence-electron chi connectivity index (χ2n) is 7.79. The zero-order valence-electron chi connectivity index (χ0n) is 17.2. The number of nitrogens with zero attached hydrogens (tertiary/aromatic N) is 6. The van der Waals surface area contributed by atoms with E-state index in [4.69, 9.17) is 0 Å². The van der Waals surface area contributed by atoms with Crippen molar-refractivity contribution in [3.8, 4) is 0 Å². The van der Waals surface area contributed by atoms with Crippen LogP contribution in [0.3, 0.4) is 0 Å². The monoisotopic (exact) mass is 394 g/mol. The number of nitrogens with one attached hydrogen (secondary N) is 2. The predicted octanol–water partition coefficient (Wildman–Crippen LogP) is 3.30. The molecule has 146 valence electrons. The molecule has 8 nitrogen and oxygen atoms in total. The van der Waals surface area contributed by atoms with Crippen molar-refractivity contribution in [2.24, 2.45) is 20.5 Å². The van der Waals surface area contributed by atoms with E-state index in [2.05, 4.69) is 31.3 Å². The molecule has 0 saturated heterocycles. The Kier molecular flexibility index (Phi) is 10.1. The summed E-state index contributed by atoms with van der Waals surface area (Å²) in [5, 5.41) is 21.2. The van der Waals surface area contributed by atoms with Gasteiger partial charge in [0.15, 0.2) is 0 Å². The molecule has 0 heterocycles. The summed E-state index contributed by atoms with van der Waals surface area (Å²) in [7, 11) is 7.66. The van der Waals surface area contributed by atoms with Gasteiger partial charge >= 0.3 is 159 Å². The van der Waals surface area contributed by atoms with Crippen molar-refractivity contribution in [2.75, 3.05) is 28.2 Å². The Morgan fingerprint density at radius 3 is 1.28 bits per heavy atom. The van der Waals surface area contributed by atoms with E-state index >= 15 is 0 Å². The van der Waals surface area contributed by atoms with E-state index in [9.17, 15) is 0 Å². The van der Waals surface area contributed by atoms with Crippen molar-refractivity contribution >= 4 is 0 Å². The molecule has 0 spiro atoms. The van der Waals surface area contributed by atoms with Gasteiger partial charge in [-0.15, -0.1) is 0 Å². The van der Waals surface area contributed by atoms with Crippen molar-refractivity contribution in [1.82, 2.24) is 20.9 Å². The molecule has 0 unspecified atom stereocenters. The van der Waals surface area contributed by atoms with Gasteiger partial charge in [0, 0.05) is 0 Å². The first-order valence-electron chi connectivity index (χ1n) is 8.04. The van der Waals surface area contributed by atoms with Crippen molar-refractivity contribution in [3.63, 3.8) is 0 Å². The Labute approximate surface area is 159 Å². The molecular formula is C16H34FeN8. The van der Waals surface area contributed by atoms with Crippen molar-refractivity contribution in [1.29, 1.82) is 0 Å². The van der Waals surface area contributed by atoms with Gasteiger partial charge in [0.1, 0.15) is 0 Å². The molecule has 0 rings (SSSR count). The third-order valence-corrected chi connectivity index (χ3v) is 3.05. The summed E-state index contributed by atoms with van der Waals surface area (Å²) in [6, 6.07) is 0.